The number of carbonyl (C=O) groups excluding carboxylic acids is 2. The van der Waals surface area contributed by atoms with Crippen molar-refractivity contribution in [1.29, 1.82) is 0 Å². The normalized spacial score (nSPS) is 19.7. The number of ether oxygens (including phenoxy) is 1. The average Bonchev–Trinajstić information content (AvgIpc) is 3.12. The molecule has 0 fully saturated rings. The maximum absolute atomic E-state index is 12.8. The van der Waals surface area contributed by atoms with Crippen LogP contribution in [0, 0.1) is 0 Å². The van der Waals surface area contributed by atoms with Crippen LogP contribution in [0.2, 0.25) is 0 Å². The summed E-state index contributed by atoms with van der Waals surface area (Å²) < 4.78 is 4.64. The van der Waals surface area contributed by atoms with Gasteiger partial charge in [-0.05, 0) is 30.7 Å². The van der Waals surface area contributed by atoms with Crippen molar-refractivity contribution < 1.29 is 14.3 Å². The number of benzene rings is 1. The van der Waals surface area contributed by atoms with Gasteiger partial charge >= 0.3 is 5.97 Å². The van der Waals surface area contributed by atoms with Crippen molar-refractivity contribution in [3.05, 3.63) is 53.3 Å². The maximum atomic E-state index is 12.8. The SMILES string of the molecule is COC(=O)c1ccc(C(=O)C2(C)CNc3ccccc32)[nH]1. The van der Waals surface area contributed by atoms with Crippen LogP contribution in [-0.4, -0.2) is 30.4 Å². The van der Waals surface area contributed by atoms with Gasteiger partial charge in [0.25, 0.3) is 0 Å². The molecule has 0 spiro atoms. The van der Waals surface area contributed by atoms with Gasteiger partial charge in [-0.15, -0.1) is 0 Å². The Morgan fingerprint density at radius 3 is 2.62 bits per heavy atom. The molecule has 1 unspecified atom stereocenters. The van der Waals surface area contributed by atoms with E-state index < -0.39 is 11.4 Å². The number of ketones is 1. The number of esters is 1. The molecule has 2 aromatic rings. The minimum atomic E-state index is -0.644. The van der Waals surface area contributed by atoms with E-state index in [1.54, 1.807) is 12.1 Å². The van der Waals surface area contributed by atoms with Crippen LogP contribution in [-0.2, 0) is 10.2 Å². The minimum Gasteiger partial charge on any atom is -0.464 e. The molecule has 0 saturated heterocycles. The number of hydrogen-bond donors (Lipinski definition) is 2. The molecule has 5 heteroatoms. The lowest BCUT2D eigenvalue weighted by atomic mass is 9.79. The van der Waals surface area contributed by atoms with Crippen molar-refractivity contribution in [3.63, 3.8) is 0 Å². The summed E-state index contributed by atoms with van der Waals surface area (Å²) in [6, 6.07) is 11.0. The third-order valence-electron chi connectivity index (χ3n) is 3.99. The van der Waals surface area contributed by atoms with E-state index in [1.807, 2.05) is 31.2 Å². The smallest absolute Gasteiger partial charge is 0.354 e. The topological polar surface area (TPSA) is 71.2 Å². The summed E-state index contributed by atoms with van der Waals surface area (Å²) in [6.07, 6.45) is 0. The van der Waals surface area contributed by atoms with Gasteiger partial charge in [0, 0.05) is 12.2 Å². The summed E-state index contributed by atoms with van der Waals surface area (Å²) in [5.74, 6) is -0.528. The van der Waals surface area contributed by atoms with Gasteiger partial charge < -0.3 is 15.0 Å². The summed E-state index contributed by atoms with van der Waals surface area (Å²) in [6.45, 7) is 2.45. The molecule has 1 atom stereocenters. The van der Waals surface area contributed by atoms with Crippen LogP contribution in [0.4, 0.5) is 5.69 Å². The van der Waals surface area contributed by atoms with Crippen LogP contribution in [0.5, 0.6) is 0 Å². The second-order valence-electron chi connectivity index (χ2n) is 5.34. The lowest BCUT2D eigenvalue weighted by Crippen LogP contribution is -2.35. The van der Waals surface area contributed by atoms with E-state index in [2.05, 4.69) is 15.0 Å². The van der Waals surface area contributed by atoms with Gasteiger partial charge in [0.05, 0.1) is 18.2 Å². The molecule has 21 heavy (non-hydrogen) atoms. The van der Waals surface area contributed by atoms with Gasteiger partial charge in [0.15, 0.2) is 5.78 Å². The Balaban J connectivity index is 1.96. The standard InChI is InChI=1S/C16H16N2O3/c1-16(9-17-11-6-4-3-5-10(11)16)14(19)12-7-8-13(18-12)15(20)21-2/h3-8,17-18H,9H2,1-2H3. The highest BCUT2D eigenvalue weighted by Gasteiger charge is 2.41. The first kappa shape index (κ1) is 13.4. The predicted octanol–water partition coefficient (Wildman–Crippen LogP) is 2.37. The van der Waals surface area contributed by atoms with E-state index in [0.29, 0.717) is 12.2 Å². The van der Waals surface area contributed by atoms with Crippen molar-refractivity contribution in [2.75, 3.05) is 19.0 Å². The first-order valence-corrected chi connectivity index (χ1v) is 6.72. The Labute approximate surface area is 122 Å². The Morgan fingerprint density at radius 1 is 1.14 bits per heavy atom. The van der Waals surface area contributed by atoms with Gasteiger partial charge in [-0.2, -0.15) is 0 Å². The second-order valence-corrected chi connectivity index (χ2v) is 5.34. The molecule has 1 aromatic carbocycles. The third kappa shape index (κ3) is 2.01. The van der Waals surface area contributed by atoms with Crippen LogP contribution in [0.25, 0.3) is 0 Å². The van der Waals surface area contributed by atoms with Crippen molar-refractivity contribution in [1.82, 2.24) is 4.98 Å². The highest BCUT2D eigenvalue weighted by atomic mass is 16.5. The largest absolute Gasteiger partial charge is 0.464 e. The number of fused-ring (bicyclic) bond motifs is 1. The molecule has 108 valence electrons. The van der Waals surface area contributed by atoms with Gasteiger partial charge in [-0.1, -0.05) is 18.2 Å². The summed E-state index contributed by atoms with van der Waals surface area (Å²) in [5.41, 5.74) is 2.01. The van der Waals surface area contributed by atoms with E-state index in [9.17, 15) is 9.59 Å². The van der Waals surface area contributed by atoms with E-state index in [-0.39, 0.29) is 11.5 Å². The van der Waals surface area contributed by atoms with Crippen molar-refractivity contribution in [3.8, 4) is 0 Å². The minimum absolute atomic E-state index is 0.0462. The number of hydrogen-bond acceptors (Lipinski definition) is 4. The number of nitrogens with one attached hydrogen (secondary N) is 2. The summed E-state index contributed by atoms with van der Waals surface area (Å²) in [7, 11) is 1.31. The third-order valence-corrected chi connectivity index (χ3v) is 3.99. The Bertz CT molecular complexity index is 720. The van der Waals surface area contributed by atoms with Gasteiger partial charge in [-0.25, -0.2) is 4.79 Å². The van der Waals surface area contributed by atoms with Crippen LogP contribution < -0.4 is 5.32 Å². The summed E-state index contributed by atoms with van der Waals surface area (Å²) >= 11 is 0. The van der Waals surface area contributed by atoms with Crippen LogP contribution in [0.15, 0.2) is 36.4 Å². The van der Waals surface area contributed by atoms with Crippen LogP contribution in [0.3, 0.4) is 0 Å². The number of anilines is 1. The number of aromatic nitrogens is 1. The van der Waals surface area contributed by atoms with Crippen molar-refractivity contribution in [2.24, 2.45) is 0 Å². The molecular weight excluding hydrogens is 268 g/mol. The first-order chi connectivity index (χ1) is 10.1. The zero-order chi connectivity index (χ0) is 15.0. The van der Waals surface area contributed by atoms with Crippen molar-refractivity contribution >= 4 is 17.4 Å². The molecule has 0 radical (unpaired) electrons. The molecule has 2 heterocycles. The van der Waals surface area contributed by atoms with E-state index in [0.717, 1.165) is 11.3 Å². The molecule has 0 saturated carbocycles. The van der Waals surface area contributed by atoms with E-state index in [1.165, 1.54) is 7.11 Å². The molecular formula is C16H16N2O3. The summed E-state index contributed by atoms with van der Waals surface area (Å²) in [4.78, 5) is 27.1. The Morgan fingerprint density at radius 2 is 1.86 bits per heavy atom. The zero-order valence-electron chi connectivity index (χ0n) is 11.9. The lowest BCUT2D eigenvalue weighted by Gasteiger charge is -2.21. The number of aromatic amines is 1. The molecule has 0 amide bonds. The monoisotopic (exact) mass is 284 g/mol. The van der Waals surface area contributed by atoms with Gasteiger partial charge in [0.2, 0.25) is 0 Å². The summed E-state index contributed by atoms with van der Waals surface area (Å²) in [5, 5.41) is 3.26. The molecule has 3 rings (SSSR count). The number of para-hydroxylation sites is 1. The van der Waals surface area contributed by atoms with Gasteiger partial charge in [-0.3, -0.25) is 4.79 Å². The number of Topliss-reactive ketones (excluding diaryl/α,β-unsaturated/α-hetero) is 1. The number of methoxy groups -OCH3 is 1. The number of carbonyl (C=O) groups is 2. The van der Waals surface area contributed by atoms with E-state index >= 15 is 0 Å². The average molecular weight is 284 g/mol. The molecule has 1 aliphatic rings. The van der Waals surface area contributed by atoms with Gasteiger partial charge in [0.1, 0.15) is 5.69 Å². The number of H-pyrrole nitrogens is 1. The molecule has 5 nitrogen and oxygen atoms in total. The maximum Gasteiger partial charge on any atom is 0.354 e. The van der Waals surface area contributed by atoms with E-state index in [4.69, 9.17) is 0 Å². The number of rotatable bonds is 3. The fraction of sp³-hybridized carbons (Fsp3) is 0.250. The zero-order valence-corrected chi connectivity index (χ0v) is 11.9. The molecule has 2 N–H and O–H groups in total. The molecule has 0 bridgehead atoms. The highest BCUT2D eigenvalue weighted by molar-refractivity contribution is 6.05. The Hall–Kier alpha value is -2.56. The first-order valence-electron chi connectivity index (χ1n) is 6.72. The van der Waals surface area contributed by atoms with Crippen LogP contribution >= 0.6 is 0 Å². The lowest BCUT2D eigenvalue weighted by molar-refractivity contribution is 0.0595. The second kappa shape index (κ2) is 4.77. The predicted molar refractivity (Wildman–Crippen MR) is 78.7 cm³/mol. The molecule has 1 aliphatic heterocycles. The molecule has 0 aliphatic carbocycles. The highest BCUT2D eigenvalue weighted by Crippen LogP contribution is 2.38. The van der Waals surface area contributed by atoms with Crippen LogP contribution in [0.1, 0.15) is 33.5 Å². The van der Waals surface area contributed by atoms with Crippen molar-refractivity contribution in [2.45, 2.75) is 12.3 Å². The fourth-order valence-corrected chi connectivity index (χ4v) is 2.74. The Kier molecular flexibility index (Phi) is 3.05. The fourth-order valence-electron chi connectivity index (χ4n) is 2.74. The quantitative estimate of drug-likeness (QED) is 0.670. The molecule has 1 aromatic heterocycles.